The first-order valence-electron chi connectivity index (χ1n) is 9.09. The van der Waals surface area contributed by atoms with Gasteiger partial charge in [0.15, 0.2) is 0 Å². The fourth-order valence-electron chi connectivity index (χ4n) is 3.68. The van der Waals surface area contributed by atoms with Crippen LogP contribution in [0.3, 0.4) is 0 Å². The largest absolute Gasteiger partial charge is 0.378 e. The molecule has 1 heterocycles. The van der Waals surface area contributed by atoms with Gasteiger partial charge in [0.2, 0.25) is 0 Å². The van der Waals surface area contributed by atoms with Crippen molar-refractivity contribution in [2.24, 2.45) is 0 Å². The van der Waals surface area contributed by atoms with Gasteiger partial charge in [0, 0.05) is 30.4 Å². The Morgan fingerprint density at radius 2 is 1.69 bits per heavy atom. The summed E-state index contributed by atoms with van der Waals surface area (Å²) in [6.45, 7) is 4.41. The summed E-state index contributed by atoms with van der Waals surface area (Å²) >= 11 is 0. The van der Waals surface area contributed by atoms with Gasteiger partial charge in [0.25, 0.3) is 0 Å². The zero-order valence-corrected chi connectivity index (χ0v) is 15.9. The molecule has 1 aliphatic rings. The molecule has 0 atom stereocenters. The summed E-state index contributed by atoms with van der Waals surface area (Å²) in [5.41, 5.74) is 7.49. The second-order valence-corrected chi connectivity index (χ2v) is 7.21. The van der Waals surface area contributed by atoms with Crippen molar-refractivity contribution in [3.05, 3.63) is 75.8 Å². The van der Waals surface area contributed by atoms with E-state index in [0.717, 1.165) is 17.3 Å². The van der Waals surface area contributed by atoms with E-state index in [9.17, 15) is 0 Å². The molecule has 0 aliphatic heterocycles. The highest BCUT2D eigenvalue weighted by Crippen LogP contribution is 2.22. The lowest BCUT2D eigenvalue weighted by atomic mass is 9.93. The number of nitrogens with zero attached hydrogens (tertiary/aromatic N) is 2. The molecule has 3 aromatic rings. The predicted octanol–water partition coefficient (Wildman–Crippen LogP) is 4.05. The topological polar surface area (TPSA) is 16.1 Å². The lowest BCUT2D eigenvalue weighted by molar-refractivity contribution is 1.13. The van der Waals surface area contributed by atoms with Crippen LogP contribution in [0, 0.1) is 6.92 Å². The number of anilines is 1. The minimum Gasteiger partial charge on any atom is -0.378 e. The molecule has 1 aromatic heterocycles. The molecule has 0 fully saturated rings. The van der Waals surface area contributed by atoms with Gasteiger partial charge in [-0.15, -0.1) is 0 Å². The molecule has 0 saturated heterocycles. The zero-order chi connectivity index (χ0) is 18.3. The smallest absolute Gasteiger partial charge is 0.0741 e. The van der Waals surface area contributed by atoms with Crippen molar-refractivity contribution in [2.45, 2.75) is 20.3 Å². The zero-order valence-electron chi connectivity index (χ0n) is 15.9. The van der Waals surface area contributed by atoms with Crippen LogP contribution < -0.4 is 15.5 Å². The fraction of sp³-hybridized carbons (Fsp3) is 0.208. The molecule has 0 spiro atoms. The van der Waals surface area contributed by atoms with Gasteiger partial charge < -0.3 is 4.90 Å². The lowest BCUT2D eigenvalue weighted by Gasteiger charge is -2.15. The van der Waals surface area contributed by atoms with Gasteiger partial charge in [-0.3, -0.25) is 0 Å². The Bertz CT molecular complexity index is 1130. The highest BCUT2D eigenvalue weighted by atomic mass is 15.1. The van der Waals surface area contributed by atoms with Crippen molar-refractivity contribution in [3.8, 4) is 0 Å². The van der Waals surface area contributed by atoms with Gasteiger partial charge >= 0.3 is 0 Å². The first-order valence-corrected chi connectivity index (χ1v) is 9.09. The fourth-order valence-corrected chi connectivity index (χ4v) is 3.68. The highest BCUT2D eigenvalue weighted by molar-refractivity contribution is 5.84. The summed E-state index contributed by atoms with van der Waals surface area (Å²) in [5.74, 6) is 0. The molecular weight excluding hydrogens is 316 g/mol. The average Bonchev–Trinajstić information content (AvgIpc) is 2.65. The number of aryl methyl sites for hydroxylation is 1. The third-order valence-corrected chi connectivity index (χ3v) is 5.31. The second kappa shape index (κ2) is 6.45. The van der Waals surface area contributed by atoms with E-state index in [-0.39, 0.29) is 0 Å². The molecule has 0 amide bonds. The van der Waals surface area contributed by atoms with E-state index in [0.29, 0.717) is 0 Å². The maximum atomic E-state index is 4.97. The van der Waals surface area contributed by atoms with E-state index in [1.165, 1.54) is 38.6 Å². The van der Waals surface area contributed by atoms with E-state index in [4.69, 9.17) is 4.98 Å². The molecule has 2 nitrogen and oxygen atoms in total. The molecule has 2 heteroatoms. The summed E-state index contributed by atoms with van der Waals surface area (Å²) in [6.07, 6.45) is 5.58. The molecule has 0 N–H and O–H groups in total. The monoisotopic (exact) mass is 340 g/mol. The maximum absolute atomic E-state index is 4.97. The number of fused-ring (bicyclic) bond motifs is 2. The number of hydrogen-bond donors (Lipinski definition) is 0. The van der Waals surface area contributed by atoms with Gasteiger partial charge in [0.05, 0.1) is 10.9 Å². The van der Waals surface area contributed by atoms with E-state index < -0.39 is 0 Å². The third-order valence-electron chi connectivity index (χ3n) is 5.31. The standard InChI is InChI=1S/C24H24N2/c1-16-19(15-18-9-12-20(13-10-18)26(3)4)11-14-22-17(2)21-7-5-6-8-23(21)25-24(16)22/h5-10,12-15H,11H2,1-4H3. The molecule has 26 heavy (non-hydrogen) atoms. The van der Waals surface area contributed by atoms with Crippen LogP contribution in [0.25, 0.3) is 28.6 Å². The molecule has 0 bridgehead atoms. The number of pyridine rings is 1. The Kier molecular flexibility index (Phi) is 4.12. The van der Waals surface area contributed by atoms with Crippen LogP contribution in [0.1, 0.15) is 24.5 Å². The summed E-state index contributed by atoms with van der Waals surface area (Å²) in [5, 5.41) is 3.67. The molecule has 130 valence electrons. The molecule has 0 unspecified atom stereocenters. The maximum Gasteiger partial charge on any atom is 0.0741 e. The van der Waals surface area contributed by atoms with Crippen molar-refractivity contribution < 1.29 is 0 Å². The van der Waals surface area contributed by atoms with Crippen molar-refractivity contribution in [1.29, 1.82) is 0 Å². The predicted molar refractivity (Wildman–Crippen MR) is 113 cm³/mol. The Morgan fingerprint density at radius 3 is 2.42 bits per heavy atom. The van der Waals surface area contributed by atoms with Gasteiger partial charge in [0.1, 0.15) is 0 Å². The van der Waals surface area contributed by atoms with Gasteiger partial charge in [-0.05, 0) is 60.7 Å². The number of benzene rings is 2. The van der Waals surface area contributed by atoms with Crippen LogP contribution in [0.5, 0.6) is 0 Å². The number of para-hydroxylation sites is 1. The summed E-state index contributed by atoms with van der Waals surface area (Å²) < 4.78 is 0. The molecular formula is C24H24N2. The average molecular weight is 340 g/mol. The van der Waals surface area contributed by atoms with Crippen LogP contribution >= 0.6 is 0 Å². The summed E-state index contributed by atoms with van der Waals surface area (Å²) in [7, 11) is 4.13. The van der Waals surface area contributed by atoms with Crippen LogP contribution in [-0.2, 0) is 0 Å². The Hall–Kier alpha value is -2.87. The van der Waals surface area contributed by atoms with E-state index in [2.05, 4.69) is 93.5 Å². The van der Waals surface area contributed by atoms with E-state index in [1.54, 1.807) is 0 Å². The lowest BCUT2D eigenvalue weighted by Crippen LogP contribution is -2.35. The Morgan fingerprint density at radius 1 is 0.962 bits per heavy atom. The third kappa shape index (κ3) is 2.82. The first-order chi connectivity index (χ1) is 12.5. The van der Waals surface area contributed by atoms with Crippen molar-refractivity contribution in [2.75, 3.05) is 19.0 Å². The van der Waals surface area contributed by atoms with Crippen LogP contribution in [0.15, 0.2) is 54.1 Å². The SMILES string of the molecule is CC1=c2nc3ccccc3c(C)c2=CCC1=Cc1ccc(N(C)C)cc1. The minimum atomic E-state index is 0.953. The first kappa shape index (κ1) is 16.6. The number of aromatic nitrogens is 1. The molecule has 2 aromatic carbocycles. The van der Waals surface area contributed by atoms with Crippen molar-refractivity contribution in [1.82, 2.24) is 4.98 Å². The van der Waals surface area contributed by atoms with Crippen LogP contribution in [0.2, 0.25) is 0 Å². The molecule has 1 aliphatic carbocycles. The highest BCUT2D eigenvalue weighted by Gasteiger charge is 2.11. The summed E-state index contributed by atoms with van der Waals surface area (Å²) in [4.78, 5) is 7.09. The second-order valence-electron chi connectivity index (χ2n) is 7.21. The number of rotatable bonds is 2. The number of hydrogen-bond acceptors (Lipinski definition) is 2. The normalized spacial score (nSPS) is 15.1. The Balaban J connectivity index is 1.85. The van der Waals surface area contributed by atoms with Gasteiger partial charge in [-0.1, -0.05) is 42.5 Å². The van der Waals surface area contributed by atoms with Gasteiger partial charge in [-0.2, -0.15) is 0 Å². The van der Waals surface area contributed by atoms with Crippen LogP contribution in [-0.4, -0.2) is 19.1 Å². The van der Waals surface area contributed by atoms with Crippen molar-refractivity contribution >= 4 is 34.3 Å². The minimum absolute atomic E-state index is 0.953. The quantitative estimate of drug-likeness (QED) is 0.700. The van der Waals surface area contributed by atoms with Crippen molar-refractivity contribution in [3.63, 3.8) is 0 Å². The molecule has 0 radical (unpaired) electrons. The van der Waals surface area contributed by atoms with Gasteiger partial charge in [-0.25, -0.2) is 4.98 Å². The summed E-state index contributed by atoms with van der Waals surface area (Å²) in [6, 6.07) is 17.1. The Labute approximate surface area is 154 Å². The number of allylic oxidation sites excluding steroid dienone is 1. The van der Waals surface area contributed by atoms with E-state index >= 15 is 0 Å². The molecule has 0 saturated carbocycles. The van der Waals surface area contributed by atoms with Crippen LogP contribution in [0.4, 0.5) is 5.69 Å². The van der Waals surface area contributed by atoms with E-state index in [1.807, 2.05) is 0 Å². The molecule has 4 rings (SSSR count).